The first-order valence-electron chi connectivity index (χ1n) is 6.58. The van der Waals surface area contributed by atoms with Crippen LogP contribution in [0.1, 0.15) is 28.3 Å². The largest absolute Gasteiger partial charge is 0.323 e. The highest BCUT2D eigenvalue weighted by Crippen LogP contribution is 2.26. The molecule has 0 fully saturated rings. The summed E-state index contributed by atoms with van der Waals surface area (Å²) in [6.45, 7) is 6.39. The maximum Gasteiger partial charge on any atom is 0.0390 e. The summed E-state index contributed by atoms with van der Waals surface area (Å²) in [6.07, 6.45) is 0. The molecule has 1 unspecified atom stereocenters. The topological polar surface area (TPSA) is 26.0 Å². The van der Waals surface area contributed by atoms with Crippen LogP contribution in [0.15, 0.2) is 47.4 Å². The smallest absolute Gasteiger partial charge is 0.0390 e. The van der Waals surface area contributed by atoms with E-state index in [9.17, 15) is 0 Å². The average molecular weight is 271 g/mol. The van der Waals surface area contributed by atoms with Crippen molar-refractivity contribution in [3.05, 3.63) is 64.7 Å². The van der Waals surface area contributed by atoms with E-state index in [0.717, 1.165) is 5.75 Å². The molecular formula is C17H21NS. The SMILES string of the molecule is Cc1cc(C)cc(C(N)CSc2ccccc2C)c1. The fourth-order valence-electron chi connectivity index (χ4n) is 2.22. The van der Waals surface area contributed by atoms with Crippen molar-refractivity contribution in [2.45, 2.75) is 31.7 Å². The third-order valence-corrected chi connectivity index (χ3v) is 4.48. The van der Waals surface area contributed by atoms with E-state index in [1.165, 1.54) is 27.1 Å². The van der Waals surface area contributed by atoms with Crippen LogP contribution in [0.4, 0.5) is 0 Å². The predicted molar refractivity (Wildman–Crippen MR) is 84.7 cm³/mol. The van der Waals surface area contributed by atoms with Crippen molar-refractivity contribution in [2.24, 2.45) is 5.73 Å². The highest BCUT2D eigenvalue weighted by molar-refractivity contribution is 7.99. The fourth-order valence-corrected chi connectivity index (χ4v) is 3.24. The molecule has 2 aromatic rings. The lowest BCUT2D eigenvalue weighted by molar-refractivity contribution is 0.828. The zero-order valence-electron chi connectivity index (χ0n) is 11.8. The van der Waals surface area contributed by atoms with Gasteiger partial charge in [-0.3, -0.25) is 0 Å². The summed E-state index contributed by atoms with van der Waals surface area (Å²) in [7, 11) is 0. The molecule has 0 spiro atoms. The molecule has 0 saturated heterocycles. The zero-order chi connectivity index (χ0) is 13.8. The van der Waals surface area contributed by atoms with Crippen LogP contribution in [0, 0.1) is 20.8 Å². The molecule has 100 valence electrons. The average Bonchev–Trinajstić information content (AvgIpc) is 2.36. The molecule has 0 aliphatic rings. The van der Waals surface area contributed by atoms with Crippen molar-refractivity contribution in [1.29, 1.82) is 0 Å². The van der Waals surface area contributed by atoms with E-state index in [1.807, 2.05) is 11.8 Å². The maximum absolute atomic E-state index is 6.31. The summed E-state index contributed by atoms with van der Waals surface area (Å²) in [5.74, 6) is 0.910. The Morgan fingerprint density at radius 2 is 1.63 bits per heavy atom. The van der Waals surface area contributed by atoms with Crippen molar-refractivity contribution in [1.82, 2.24) is 0 Å². The van der Waals surface area contributed by atoms with E-state index >= 15 is 0 Å². The summed E-state index contributed by atoms with van der Waals surface area (Å²) >= 11 is 1.84. The zero-order valence-corrected chi connectivity index (χ0v) is 12.6. The van der Waals surface area contributed by atoms with Crippen LogP contribution in [0.3, 0.4) is 0 Å². The highest BCUT2D eigenvalue weighted by Gasteiger charge is 2.08. The standard InChI is InChI=1S/C17H21NS/c1-12-8-13(2)10-15(9-12)16(18)11-19-17-7-5-4-6-14(17)3/h4-10,16H,11,18H2,1-3H3. The monoisotopic (exact) mass is 271 g/mol. The van der Waals surface area contributed by atoms with Gasteiger partial charge in [-0.1, -0.05) is 47.5 Å². The van der Waals surface area contributed by atoms with Gasteiger partial charge >= 0.3 is 0 Å². The molecule has 0 radical (unpaired) electrons. The molecule has 0 saturated carbocycles. The van der Waals surface area contributed by atoms with Gasteiger partial charge in [-0.2, -0.15) is 0 Å². The number of hydrogen-bond donors (Lipinski definition) is 1. The molecule has 1 nitrogen and oxygen atoms in total. The van der Waals surface area contributed by atoms with Gasteiger partial charge in [-0.25, -0.2) is 0 Å². The molecule has 2 heteroatoms. The van der Waals surface area contributed by atoms with Gasteiger partial charge in [-0.15, -0.1) is 11.8 Å². The molecule has 2 rings (SSSR count). The number of aryl methyl sites for hydroxylation is 3. The predicted octanol–water partition coefficient (Wildman–Crippen LogP) is 4.40. The first kappa shape index (κ1) is 14.2. The Bertz CT molecular complexity index is 543. The first-order valence-corrected chi connectivity index (χ1v) is 7.57. The van der Waals surface area contributed by atoms with Crippen molar-refractivity contribution < 1.29 is 0 Å². The number of hydrogen-bond acceptors (Lipinski definition) is 2. The number of nitrogens with two attached hydrogens (primary N) is 1. The Kier molecular flexibility index (Phi) is 4.67. The van der Waals surface area contributed by atoms with Crippen molar-refractivity contribution >= 4 is 11.8 Å². The molecule has 0 aromatic heterocycles. The summed E-state index contributed by atoms with van der Waals surface area (Å²) < 4.78 is 0. The van der Waals surface area contributed by atoms with Gasteiger partial charge in [0.15, 0.2) is 0 Å². The number of thioether (sulfide) groups is 1. The van der Waals surface area contributed by atoms with E-state index in [-0.39, 0.29) is 6.04 Å². The molecule has 0 amide bonds. The third-order valence-electron chi connectivity index (χ3n) is 3.18. The van der Waals surface area contributed by atoms with E-state index in [4.69, 9.17) is 5.73 Å². The minimum atomic E-state index is 0.0863. The minimum absolute atomic E-state index is 0.0863. The lowest BCUT2D eigenvalue weighted by Crippen LogP contribution is -2.13. The Morgan fingerprint density at radius 1 is 1.00 bits per heavy atom. The molecule has 2 N–H and O–H groups in total. The quantitative estimate of drug-likeness (QED) is 0.834. The van der Waals surface area contributed by atoms with Crippen LogP contribution in [-0.4, -0.2) is 5.75 Å². The second-order valence-corrected chi connectivity index (χ2v) is 6.17. The van der Waals surface area contributed by atoms with Crippen LogP contribution in [0.2, 0.25) is 0 Å². The summed E-state index contributed by atoms with van der Waals surface area (Å²) in [5.41, 5.74) is 11.4. The minimum Gasteiger partial charge on any atom is -0.323 e. The Hall–Kier alpha value is -1.25. The Labute approximate surface area is 120 Å². The van der Waals surface area contributed by atoms with E-state index in [1.54, 1.807) is 0 Å². The van der Waals surface area contributed by atoms with Crippen molar-refractivity contribution in [2.75, 3.05) is 5.75 Å². The molecule has 1 atom stereocenters. The summed E-state index contributed by atoms with van der Waals surface area (Å²) in [5, 5.41) is 0. The van der Waals surface area contributed by atoms with Gasteiger partial charge in [0.1, 0.15) is 0 Å². The van der Waals surface area contributed by atoms with Gasteiger partial charge in [0.25, 0.3) is 0 Å². The van der Waals surface area contributed by atoms with Gasteiger partial charge in [0.2, 0.25) is 0 Å². The fraction of sp³-hybridized carbons (Fsp3) is 0.294. The summed E-state index contributed by atoms with van der Waals surface area (Å²) in [6, 6.07) is 15.1. The van der Waals surface area contributed by atoms with Gasteiger partial charge in [-0.05, 0) is 38.0 Å². The van der Waals surface area contributed by atoms with Gasteiger partial charge in [0.05, 0.1) is 0 Å². The first-order chi connectivity index (χ1) is 9.06. The summed E-state index contributed by atoms with van der Waals surface area (Å²) in [4.78, 5) is 1.32. The van der Waals surface area contributed by atoms with Crippen molar-refractivity contribution in [3.8, 4) is 0 Å². The number of rotatable bonds is 4. The van der Waals surface area contributed by atoms with Crippen LogP contribution in [0.5, 0.6) is 0 Å². The highest BCUT2D eigenvalue weighted by atomic mass is 32.2. The molecule has 19 heavy (non-hydrogen) atoms. The van der Waals surface area contributed by atoms with Gasteiger partial charge < -0.3 is 5.73 Å². The van der Waals surface area contributed by atoms with Crippen molar-refractivity contribution in [3.63, 3.8) is 0 Å². The Morgan fingerprint density at radius 3 is 2.26 bits per heavy atom. The lowest BCUT2D eigenvalue weighted by Gasteiger charge is -2.14. The Balaban J connectivity index is 2.05. The van der Waals surface area contributed by atoms with E-state index in [2.05, 4.69) is 63.2 Å². The van der Waals surface area contributed by atoms with Crippen LogP contribution >= 0.6 is 11.8 Å². The van der Waals surface area contributed by atoms with Crippen LogP contribution < -0.4 is 5.73 Å². The molecule has 0 bridgehead atoms. The molecule has 0 aliphatic carbocycles. The lowest BCUT2D eigenvalue weighted by atomic mass is 10.0. The maximum atomic E-state index is 6.31. The normalized spacial score (nSPS) is 12.4. The molecule has 2 aromatic carbocycles. The molecule has 0 aliphatic heterocycles. The van der Waals surface area contributed by atoms with E-state index in [0.29, 0.717) is 0 Å². The second-order valence-electron chi connectivity index (χ2n) is 5.10. The van der Waals surface area contributed by atoms with E-state index < -0.39 is 0 Å². The van der Waals surface area contributed by atoms with Crippen LogP contribution in [-0.2, 0) is 0 Å². The van der Waals surface area contributed by atoms with Crippen LogP contribution in [0.25, 0.3) is 0 Å². The second kappa shape index (κ2) is 6.27. The molecular weight excluding hydrogens is 250 g/mol. The molecule has 0 heterocycles. The van der Waals surface area contributed by atoms with Gasteiger partial charge in [0, 0.05) is 16.7 Å². The number of benzene rings is 2. The third kappa shape index (κ3) is 3.85.